The van der Waals surface area contributed by atoms with Crippen LogP contribution >= 0.6 is 0 Å². The molecule has 0 amide bonds. The number of aromatic nitrogens is 1. The van der Waals surface area contributed by atoms with Crippen molar-refractivity contribution in [1.29, 1.82) is 0 Å². The number of anilines is 1. The second-order valence-corrected chi connectivity index (χ2v) is 3.62. The van der Waals surface area contributed by atoms with Gasteiger partial charge in [0.1, 0.15) is 5.69 Å². The normalized spacial score (nSPS) is 10.5. The van der Waals surface area contributed by atoms with Gasteiger partial charge in [-0.25, -0.2) is 0 Å². The first-order valence-corrected chi connectivity index (χ1v) is 5.03. The van der Waals surface area contributed by atoms with Crippen LogP contribution in [0.4, 0.5) is 5.88 Å². The molecule has 15 heavy (non-hydrogen) atoms. The summed E-state index contributed by atoms with van der Waals surface area (Å²) < 4.78 is 4.88. The molecule has 3 nitrogen and oxygen atoms in total. The molecule has 0 aliphatic rings. The fraction of sp³-hybridized carbons (Fsp3) is 0.250. The van der Waals surface area contributed by atoms with Crippen molar-refractivity contribution in [3.05, 3.63) is 35.4 Å². The molecule has 0 aliphatic carbocycles. The van der Waals surface area contributed by atoms with E-state index in [2.05, 4.69) is 37.2 Å². The molecule has 0 radical (unpaired) electrons. The van der Waals surface area contributed by atoms with Crippen molar-refractivity contribution in [2.45, 2.75) is 20.3 Å². The molecule has 2 rings (SSSR count). The second kappa shape index (κ2) is 3.77. The maximum atomic E-state index is 5.51. The SMILES string of the molecule is CCc1ccc(C)c(-c2cc(N)on2)c1. The number of rotatable bonds is 2. The molecular weight excluding hydrogens is 188 g/mol. The van der Waals surface area contributed by atoms with Gasteiger partial charge in [-0.05, 0) is 30.5 Å². The summed E-state index contributed by atoms with van der Waals surface area (Å²) >= 11 is 0. The molecular formula is C12H14N2O. The molecule has 1 aromatic heterocycles. The molecule has 0 saturated heterocycles. The van der Waals surface area contributed by atoms with Crippen LogP contribution in [0.2, 0.25) is 0 Å². The largest absolute Gasteiger partial charge is 0.368 e. The Kier molecular flexibility index (Phi) is 2.46. The summed E-state index contributed by atoms with van der Waals surface area (Å²) in [6.07, 6.45) is 1.01. The first kappa shape index (κ1) is 9.77. The molecule has 0 atom stereocenters. The number of nitrogens with zero attached hydrogens (tertiary/aromatic N) is 1. The predicted molar refractivity (Wildman–Crippen MR) is 60.5 cm³/mol. The minimum atomic E-state index is 0.353. The van der Waals surface area contributed by atoms with Crippen molar-refractivity contribution in [2.24, 2.45) is 0 Å². The molecule has 0 bridgehead atoms. The van der Waals surface area contributed by atoms with Gasteiger partial charge in [0.2, 0.25) is 5.88 Å². The number of benzene rings is 1. The zero-order valence-corrected chi connectivity index (χ0v) is 8.95. The van der Waals surface area contributed by atoms with Crippen molar-refractivity contribution in [2.75, 3.05) is 5.73 Å². The summed E-state index contributed by atoms with van der Waals surface area (Å²) in [5, 5.41) is 3.92. The maximum Gasteiger partial charge on any atom is 0.222 e. The highest BCUT2D eigenvalue weighted by Gasteiger charge is 2.07. The third kappa shape index (κ3) is 1.86. The van der Waals surface area contributed by atoms with Gasteiger partial charge in [0.05, 0.1) is 0 Å². The molecule has 2 N–H and O–H groups in total. The van der Waals surface area contributed by atoms with E-state index >= 15 is 0 Å². The van der Waals surface area contributed by atoms with Gasteiger partial charge in [-0.2, -0.15) is 0 Å². The topological polar surface area (TPSA) is 52.0 Å². The number of hydrogen-bond donors (Lipinski definition) is 1. The lowest BCUT2D eigenvalue weighted by molar-refractivity contribution is 0.439. The minimum absolute atomic E-state index is 0.353. The first-order valence-electron chi connectivity index (χ1n) is 5.03. The lowest BCUT2D eigenvalue weighted by atomic mass is 10.0. The van der Waals surface area contributed by atoms with E-state index in [1.165, 1.54) is 11.1 Å². The first-order chi connectivity index (χ1) is 7.20. The summed E-state index contributed by atoms with van der Waals surface area (Å²) in [7, 11) is 0. The molecule has 2 aromatic rings. The third-order valence-electron chi connectivity index (χ3n) is 2.51. The Bertz CT molecular complexity index is 474. The highest BCUT2D eigenvalue weighted by Crippen LogP contribution is 2.25. The molecule has 3 heteroatoms. The lowest BCUT2D eigenvalue weighted by Crippen LogP contribution is -1.87. The molecule has 0 spiro atoms. The van der Waals surface area contributed by atoms with Crippen LogP contribution in [0.15, 0.2) is 28.8 Å². The van der Waals surface area contributed by atoms with Crippen LogP contribution in [0.5, 0.6) is 0 Å². The zero-order chi connectivity index (χ0) is 10.8. The Morgan fingerprint density at radius 1 is 1.33 bits per heavy atom. The Hall–Kier alpha value is -1.77. The average Bonchev–Trinajstić information content (AvgIpc) is 2.65. The van der Waals surface area contributed by atoms with Crippen molar-refractivity contribution in [3.8, 4) is 11.3 Å². The highest BCUT2D eigenvalue weighted by molar-refractivity contribution is 5.65. The van der Waals surface area contributed by atoms with Gasteiger partial charge >= 0.3 is 0 Å². The fourth-order valence-electron chi connectivity index (χ4n) is 1.58. The van der Waals surface area contributed by atoms with Gasteiger partial charge in [0, 0.05) is 11.6 Å². The van der Waals surface area contributed by atoms with Crippen molar-refractivity contribution in [3.63, 3.8) is 0 Å². The van der Waals surface area contributed by atoms with Crippen molar-refractivity contribution in [1.82, 2.24) is 5.16 Å². The van der Waals surface area contributed by atoms with Gasteiger partial charge < -0.3 is 10.3 Å². The molecule has 0 aliphatic heterocycles. The number of aryl methyl sites for hydroxylation is 2. The summed E-state index contributed by atoms with van der Waals surface area (Å²) in [6, 6.07) is 8.11. The van der Waals surface area contributed by atoms with Crippen LogP contribution in [0.1, 0.15) is 18.1 Å². The van der Waals surface area contributed by atoms with Crippen LogP contribution in [-0.4, -0.2) is 5.16 Å². The van der Waals surface area contributed by atoms with E-state index in [0.29, 0.717) is 5.88 Å². The van der Waals surface area contributed by atoms with Crippen molar-refractivity contribution < 1.29 is 4.52 Å². The third-order valence-corrected chi connectivity index (χ3v) is 2.51. The average molecular weight is 202 g/mol. The maximum absolute atomic E-state index is 5.51. The predicted octanol–water partition coefficient (Wildman–Crippen LogP) is 2.79. The van der Waals surface area contributed by atoms with Crippen LogP contribution < -0.4 is 5.73 Å². The summed E-state index contributed by atoms with van der Waals surface area (Å²) in [5.74, 6) is 0.353. The molecule has 0 fully saturated rings. The number of hydrogen-bond acceptors (Lipinski definition) is 3. The van der Waals surface area contributed by atoms with Crippen LogP contribution in [-0.2, 0) is 6.42 Å². The Balaban J connectivity index is 2.51. The Morgan fingerprint density at radius 2 is 2.13 bits per heavy atom. The van der Waals surface area contributed by atoms with E-state index in [-0.39, 0.29) is 0 Å². The van der Waals surface area contributed by atoms with E-state index in [1.807, 2.05) is 0 Å². The highest BCUT2D eigenvalue weighted by atomic mass is 16.5. The molecule has 1 heterocycles. The van der Waals surface area contributed by atoms with Crippen molar-refractivity contribution >= 4 is 5.88 Å². The van der Waals surface area contributed by atoms with Gasteiger partial charge in [0.15, 0.2) is 0 Å². The van der Waals surface area contributed by atoms with Crippen LogP contribution in [0.25, 0.3) is 11.3 Å². The van der Waals surface area contributed by atoms with E-state index in [0.717, 1.165) is 17.7 Å². The Morgan fingerprint density at radius 3 is 2.73 bits per heavy atom. The van der Waals surface area contributed by atoms with Crippen LogP contribution in [0.3, 0.4) is 0 Å². The molecule has 1 aromatic carbocycles. The van der Waals surface area contributed by atoms with E-state index in [1.54, 1.807) is 6.07 Å². The molecule has 0 saturated carbocycles. The monoisotopic (exact) mass is 202 g/mol. The quantitative estimate of drug-likeness (QED) is 0.814. The summed E-state index contributed by atoms with van der Waals surface area (Å²) in [5.41, 5.74) is 9.88. The lowest BCUT2D eigenvalue weighted by Gasteiger charge is -2.04. The minimum Gasteiger partial charge on any atom is -0.368 e. The molecule has 78 valence electrons. The van der Waals surface area contributed by atoms with Gasteiger partial charge in [-0.1, -0.05) is 24.2 Å². The van der Waals surface area contributed by atoms with Gasteiger partial charge in [0.25, 0.3) is 0 Å². The summed E-state index contributed by atoms with van der Waals surface area (Å²) in [4.78, 5) is 0. The standard InChI is InChI=1S/C12H14N2O/c1-3-9-5-4-8(2)10(6-9)11-7-12(13)15-14-11/h4-7H,3,13H2,1-2H3. The smallest absolute Gasteiger partial charge is 0.222 e. The van der Waals surface area contributed by atoms with E-state index in [4.69, 9.17) is 10.3 Å². The fourth-order valence-corrected chi connectivity index (χ4v) is 1.58. The molecule has 0 unspecified atom stereocenters. The van der Waals surface area contributed by atoms with E-state index in [9.17, 15) is 0 Å². The van der Waals surface area contributed by atoms with E-state index < -0.39 is 0 Å². The summed E-state index contributed by atoms with van der Waals surface area (Å²) in [6.45, 7) is 4.19. The number of nitrogens with two attached hydrogens (primary N) is 1. The van der Waals surface area contributed by atoms with Gasteiger partial charge in [-0.3, -0.25) is 0 Å². The van der Waals surface area contributed by atoms with Crippen LogP contribution in [0, 0.1) is 6.92 Å². The zero-order valence-electron chi connectivity index (χ0n) is 8.95. The Labute approximate surface area is 88.9 Å². The van der Waals surface area contributed by atoms with Gasteiger partial charge in [-0.15, -0.1) is 0 Å². The second-order valence-electron chi connectivity index (χ2n) is 3.62. The number of nitrogen functional groups attached to an aromatic ring is 1.